The van der Waals surface area contributed by atoms with E-state index in [9.17, 15) is 29.3 Å². The van der Waals surface area contributed by atoms with Crippen LogP contribution < -0.4 is 4.90 Å². The first-order valence-corrected chi connectivity index (χ1v) is 13.7. The van der Waals surface area contributed by atoms with Crippen LogP contribution in [0.25, 0.3) is 22.2 Å². The summed E-state index contributed by atoms with van der Waals surface area (Å²) in [7, 11) is 0. The SMILES string of the molecule is O=C(COC(=O)c1cc(-c2ccc(N3C(=O)c4ccccc4C3=O)cc2)nc2ccc(Cl)cc12)c1ccc(Cl)c([N+](=O)[O-])c1. The number of ketones is 1. The van der Waals surface area contributed by atoms with E-state index in [2.05, 4.69) is 4.98 Å². The van der Waals surface area contributed by atoms with Crippen LogP contribution in [0.3, 0.4) is 0 Å². The van der Waals surface area contributed by atoms with Gasteiger partial charge in [0, 0.05) is 27.6 Å². The Morgan fingerprint density at radius 3 is 2.20 bits per heavy atom. The van der Waals surface area contributed by atoms with Gasteiger partial charge in [0.15, 0.2) is 6.61 Å². The molecule has 0 radical (unpaired) electrons. The van der Waals surface area contributed by atoms with Crippen molar-refractivity contribution in [1.82, 2.24) is 4.98 Å². The molecule has 0 atom stereocenters. The second-order valence-electron chi connectivity index (χ2n) is 9.68. The van der Waals surface area contributed by atoms with Crippen molar-refractivity contribution in [2.45, 2.75) is 0 Å². The topological polar surface area (TPSA) is 137 Å². The summed E-state index contributed by atoms with van der Waals surface area (Å²) < 4.78 is 5.31. The van der Waals surface area contributed by atoms with Crippen LogP contribution in [0, 0.1) is 10.1 Å². The lowest BCUT2D eigenvalue weighted by Crippen LogP contribution is -2.29. The summed E-state index contributed by atoms with van der Waals surface area (Å²) in [4.78, 5) is 68.0. The number of nitro groups is 1. The summed E-state index contributed by atoms with van der Waals surface area (Å²) in [6, 6.07) is 22.9. The fraction of sp³-hybridized carbons (Fsp3) is 0.0312. The number of carbonyl (C=O) groups is 4. The summed E-state index contributed by atoms with van der Waals surface area (Å²) in [5.74, 6) is -2.36. The largest absolute Gasteiger partial charge is 0.454 e. The van der Waals surface area contributed by atoms with Gasteiger partial charge >= 0.3 is 5.97 Å². The molecule has 0 fully saturated rings. The van der Waals surface area contributed by atoms with Crippen LogP contribution in [0.15, 0.2) is 91.0 Å². The first-order valence-electron chi connectivity index (χ1n) is 12.9. The van der Waals surface area contributed by atoms with Gasteiger partial charge in [0.2, 0.25) is 5.78 Å². The molecule has 0 bridgehead atoms. The number of imide groups is 1. The van der Waals surface area contributed by atoms with Gasteiger partial charge in [-0.15, -0.1) is 0 Å². The molecule has 6 rings (SSSR count). The summed E-state index contributed by atoms with van der Waals surface area (Å²) >= 11 is 12.0. The molecule has 12 heteroatoms. The quantitative estimate of drug-likeness (QED) is 0.0622. The molecule has 0 saturated heterocycles. The van der Waals surface area contributed by atoms with Gasteiger partial charge in [-0.1, -0.05) is 47.5 Å². The maximum absolute atomic E-state index is 13.3. The third kappa shape index (κ3) is 5.17. The van der Waals surface area contributed by atoms with Gasteiger partial charge in [0.25, 0.3) is 17.5 Å². The predicted octanol–water partition coefficient (Wildman–Crippen LogP) is 6.96. The van der Waals surface area contributed by atoms with Gasteiger partial charge < -0.3 is 4.74 Å². The predicted molar refractivity (Wildman–Crippen MR) is 162 cm³/mol. The number of aromatic nitrogens is 1. The zero-order chi connectivity index (χ0) is 31.1. The summed E-state index contributed by atoms with van der Waals surface area (Å²) in [5, 5.41) is 11.8. The lowest BCUT2D eigenvalue weighted by atomic mass is 10.0. The molecule has 0 aliphatic carbocycles. The summed E-state index contributed by atoms with van der Waals surface area (Å²) in [6.45, 7) is -0.688. The number of anilines is 1. The van der Waals surface area contributed by atoms with Crippen LogP contribution in [0.1, 0.15) is 41.4 Å². The van der Waals surface area contributed by atoms with Gasteiger partial charge in [0.05, 0.1) is 38.5 Å². The molecular weight excluding hydrogens is 609 g/mol. The third-order valence-corrected chi connectivity index (χ3v) is 7.56. The lowest BCUT2D eigenvalue weighted by Gasteiger charge is -2.15. The molecule has 0 saturated carbocycles. The number of rotatable bonds is 7. The van der Waals surface area contributed by atoms with E-state index < -0.39 is 40.8 Å². The lowest BCUT2D eigenvalue weighted by molar-refractivity contribution is -0.384. The number of fused-ring (bicyclic) bond motifs is 2. The van der Waals surface area contributed by atoms with Crippen molar-refractivity contribution in [2.24, 2.45) is 0 Å². The van der Waals surface area contributed by atoms with Crippen LogP contribution in [-0.4, -0.2) is 40.1 Å². The van der Waals surface area contributed by atoms with Crippen LogP contribution in [-0.2, 0) is 4.74 Å². The van der Waals surface area contributed by atoms with Crippen LogP contribution >= 0.6 is 23.2 Å². The smallest absolute Gasteiger partial charge is 0.339 e. The number of benzene rings is 4. The van der Waals surface area contributed by atoms with Crippen molar-refractivity contribution in [3.8, 4) is 11.3 Å². The number of carbonyl (C=O) groups excluding carboxylic acids is 4. The van der Waals surface area contributed by atoms with Crippen molar-refractivity contribution in [3.05, 3.63) is 133 Å². The van der Waals surface area contributed by atoms with Crippen LogP contribution in [0.2, 0.25) is 10.0 Å². The van der Waals surface area contributed by atoms with Gasteiger partial charge in [0.1, 0.15) is 5.02 Å². The third-order valence-electron chi connectivity index (χ3n) is 7.01. The molecule has 44 heavy (non-hydrogen) atoms. The minimum atomic E-state index is -0.847. The Kier molecular flexibility index (Phi) is 7.38. The van der Waals surface area contributed by atoms with E-state index in [0.717, 1.165) is 11.0 Å². The zero-order valence-corrected chi connectivity index (χ0v) is 23.8. The Hall–Kier alpha value is -5.45. The molecule has 1 aliphatic rings. The number of ether oxygens (including phenoxy) is 1. The first kappa shape index (κ1) is 28.7. The van der Waals surface area contributed by atoms with Crippen molar-refractivity contribution in [1.29, 1.82) is 0 Å². The highest BCUT2D eigenvalue weighted by atomic mass is 35.5. The van der Waals surface area contributed by atoms with E-state index >= 15 is 0 Å². The summed E-state index contributed by atoms with van der Waals surface area (Å²) in [5.41, 5.74) is 1.97. The zero-order valence-electron chi connectivity index (χ0n) is 22.3. The van der Waals surface area contributed by atoms with Crippen LogP contribution in [0.5, 0.6) is 0 Å². The van der Waals surface area contributed by atoms with Crippen molar-refractivity contribution in [2.75, 3.05) is 11.5 Å². The number of Topliss-reactive ketones (excluding diaryl/α,β-unsaturated/α-hetero) is 1. The highest BCUT2D eigenvalue weighted by Crippen LogP contribution is 2.32. The number of amides is 2. The van der Waals surface area contributed by atoms with E-state index in [-0.39, 0.29) is 16.1 Å². The van der Waals surface area contributed by atoms with Crippen LogP contribution in [0.4, 0.5) is 11.4 Å². The van der Waals surface area contributed by atoms with E-state index in [1.165, 1.54) is 18.2 Å². The number of hydrogen-bond acceptors (Lipinski definition) is 8. The number of halogens is 2. The highest BCUT2D eigenvalue weighted by Gasteiger charge is 2.36. The van der Waals surface area contributed by atoms with E-state index in [1.54, 1.807) is 66.7 Å². The molecule has 5 aromatic rings. The first-order chi connectivity index (χ1) is 21.1. The van der Waals surface area contributed by atoms with E-state index in [0.29, 0.717) is 44.0 Å². The molecule has 0 unspecified atom stereocenters. The number of nitro benzene ring substituents is 1. The van der Waals surface area contributed by atoms with Crippen molar-refractivity contribution >= 4 is 69.0 Å². The second kappa shape index (κ2) is 11.3. The molecule has 0 spiro atoms. The maximum atomic E-state index is 13.3. The van der Waals surface area contributed by atoms with Crippen molar-refractivity contribution < 1.29 is 28.8 Å². The molecule has 0 N–H and O–H groups in total. The monoisotopic (exact) mass is 625 g/mol. The van der Waals surface area contributed by atoms with Crippen molar-refractivity contribution in [3.63, 3.8) is 0 Å². The normalized spacial score (nSPS) is 12.4. The number of pyridine rings is 1. The fourth-order valence-electron chi connectivity index (χ4n) is 4.84. The fourth-order valence-corrected chi connectivity index (χ4v) is 5.20. The minimum Gasteiger partial charge on any atom is -0.454 e. The molecule has 10 nitrogen and oxygen atoms in total. The molecule has 216 valence electrons. The molecule has 2 heterocycles. The number of hydrogen-bond donors (Lipinski definition) is 0. The number of esters is 1. The van der Waals surface area contributed by atoms with Gasteiger partial charge in [-0.3, -0.25) is 24.5 Å². The Labute approximate surface area is 258 Å². The molecule has 2 amide bonds. The molecular formula is C32H17Cl2N3O7. The number of nitrogens with zero attached hydrogens (tertiary/aromatic N) is 3. The Morgan fingerprint density at radius 2 is 1.55 bits per heavy atom. The van der Waals surface area contributed by atoms with Gasteiger partial charge in [-0.2, -0.15) is 0 Å². The Bertz CT molecular complexity index is 2030. The molecule has 1 aromatic heterocycles. The highest BCUT2D eigenvalue weighted by molar-refractivity contribution is 6.34. The second-order valence-corrected chi connectivity index (χ2v) is 10.5. The molecule has 4 aromatic carbocycles. The maximum Gasteiger partial charge on any atom is 0.339 e. The average Bonchev–Trinajstić information content (AvgIpc) is 3.28. The minimum absolute atomic E-state index is 0.0460. The van der Waals surface area contributed by atoms with E-state index in [1.807, 2.05) is 0 Å². The Morgan fingerprint density at radius 1 is 0.864 bits per heavy atom. The summed E-state index contributed by atoms with van der Waals surface area (Å²) in [6.07, 6.45) is 0. The van der Waals surface area contributed by atoms with E-state index in [4.69, 9.17) is 27.9 Å². The van der Waals surface area contributed by atoms with Gasteiger partial charge in [-0.05, 0) is 60.7 Å². The average molecular weight is 626 g/mol. The van der Waals surface area contributed by atoms with Gasteiger partial charge in [-0.25, -0.2) is 14.7 Å². The molecule has 1 aliphatic heterocycles. The Balaban J connectivity index is 1.28. The standard InChI is InChI=1S/C32H17Cl2N3O7/c33-19-8-12-26-23(14-19)24(32(41)44-16-29(38)18-7-11-25(34)28(13-18)37(42)43)15-27(35-26)17-5-9-20(10-6-17)36-30(39)21-3-1-2-4-22(21)31(36)40/h1-15H,16H2.